The second-order valence-corrected chi connectivity index (χ2v) is 4.75. The van der Waals surface area contributed by atoms with Crippen molar-refractivity contribution in [3.8, 4) is 0 Å². The molecule has 4 heteroatoms. The first-order valence-corrected chi connectivity index (χ1v) is 5.27. The van der Waals surface area contributed by atoms with E-state index in [2.05, 4.69) is 0 Å². The topological polar surface area (TPSA) is 63.3 Å². The summed E-state index contributed by atoms with van der Waals surface area (Å²) in [5, 5.41) is 0.437. The predicted octanol–water partition coefficient (Wildman–Crippen LogP) is 0.794. The Morgan fingerprint density at radius 3 is 2.18 bits per heavy atom. The molecule has 1 unspecified atom stereocenters. The third kappa shape index (κ3) is 2.07. The van der Waals surface area contributed by atoms with E-state index < -0.39 is 7.37 Å². The zero-order valence-corrected chi connectivity index (χ0v) is 7.08. The van der Waals surface area contributed by atoms with E-state index in [4.69, 9.17) is 10.6 Å². The zero-order valence-electron chi connectivity index (χ0n) is 6.19. The number of hydrogen-bond donors (Lipinski definition) is 2. The van der Waals surface area contributed by atoms with Crippen molar-refractivity contribution in [2.24, 2.45) is 0 Å². The van der Waals surface area contributed by atoms with Crippen LogP contribution in [0.1, 0.15) is 0 Å². The van der Waals surface area contributed by atoms with Gasteiger partial charge in [-0.1, -0.05) is 0 Å². The van der Waals surface area contributed by atoms with Crippen LogP contribution in [-0.4, -0.2) is 11.6 Å². The van der Waals surface area contributed by atoms with Gasteiger partial charge in [-0.3, -0.25) is 4.57 Å². The quantitative estimate of drug-likeness (QED) is 0.485. The van der Waals surface area contributed by atoms with Gasteiger partial charge in [0.1, 0.15) is 0 Å². The molecule has 0 amide bonds. The van der Waals surface area contributed by atoms with Crippen molar-refractivity contribution >= 4 is 18.4 Å². The van der Waals surface area contributed by atoms with Crippen LogP contribution in [0.5, 0.6) is 0 Å². The van der Waals surface area contributed by atoms with Gasteiger partial charge in [0.2, 0.25) is 7.37 Å². The average molecular weight is 171 g/mol. The van der Waals surface area contributed by atoms with E-state index in [1.54, 1.807) is 24.3 Å². The molecule has 1 atom stereocenters. The summed E-state index contributed by atoms with van der Waals surface area (Å²) in [6, 6.07) is 6.36. The molecule has 0 aliphatic carbocycles. The minimum absolute atomic E-state index is 0.437. The van der Waals surface area contributed by atoms with Crippen LogP contribution in [0.2, 0.25) is 0 Å². The zero-order chi connectivity index (χ0) is 8.48. The van der Waals surface area contributed by atoms with Crippen molar-refractivity contribution < 1.29 is 9.46 Å². The molecule has 60 valence electrons. The second kappa shape index (κ2) is 2.68. The Morgan fingerprint density at radius 2 is 1.82 bits per heavy atom. The largest absolute Gasteiger partial charge is 0.399 e. The van der Waals surface area contributed by atoms with E-state index in [9.17, 15) is 4.57 Å². The van der Waals surface area contributed by atoms with Crippen molar-refractivity contribution in [2.75, 3.05) is 12.4 Å². The lowest BCUT2D eigenvalue weighted by Crippen LogP contribution is -2.02. The molecule has 1 aromatic rings. The number of nitrogens with two attached hydrogens (primary N) is 1. The van der Waals surface area contributed by atoms with Crippen LogP contribution in [0.25, 0.3) is 0 Å². The van der Waals surface area contributed by atoms with E-state index >= 15 is 0 Å². The van der Waals surface area contributed by atoms with Crippen LogP contribution in [0.4, 0.5) is 5.69 Å². The average Bonchev–Trinajstić information content (AvgIpc) is 1.86. The number of benzene rings is 1. The molecule has 0 saturated carbocycles. The minimum Gasteiger partial charge on any atom is -0.399 e. The van der Waals surface area contributed by atoms with E-state index in [0.717, 1.165) is 0 Å². The van der Waals surface area contributed by atoms with Gasteiger partial charge in [-0.25, -0.2) is 0 Å². The summed E-state index contributed by atoms with van der Waals surface area (Å²) in [5.41, 5.74) is 6.00. The van der Waals surface area contributed by atoms with Gasteiger partial charge in [0.05, 0.1) is 0 Å². The molecule has 0 spiro atoms. The third-order valence-corrected chi connectivity index (χ3v) is 2.63. The van der Waals surface area contributed by atoms with Crippen LogP contribution >= 0.6 is 7.37 Å². The standard InChI is InChI=1S/C7H10NO2P/c1-11(9,10)7-4-2-6(8)3-5-7/h2-5H,8H2,1H3,(H,9,10). The Morgan fingerprint density at radius 1 is 1.36 bits per heavy atom. The maximum absolute atomic E-state index is 11.0. The van der Waals surface area contributed by atoms with Crippen molar-refractivity contribution in [3.63, 3.8) is 0 Å². The van der Waals surface area contributed by atoms with Crippen LogP contribution < -0.4 is 11.0 Å². The summed E-state index contributed by atoms with van der Waals surface area (Å²) >= 11 is 0. The molecule has 0 saturated heterocycles. The number of nitrogen functional groups attached to an aromatic ring is 1. The third-order valence-electron chi connectivity index (χ3n) is 1.37. The Balaban J connectivity index is 3.09. The van der Waals surface area contributed by atoms with E-state index in [0.29, 0.717) is 11.0 Å². The Kier molecular flexibility index (Phi) is 2.03. The molecule has 0 heterocycles. The van der Waals surface area contributed by atoms with E-state index in [-0.39, 0.29) is 0 Å². The lowest BCUT2D eigenvalue weighted by atomic mass is 10.3. The van der Waals surface area contributed by atoms with Gasteiger partial charge in [-0.15, -0.1) is 0 Å². The van der Waals surface area contributed by atoms with E-state index in [1.165, 1.54) is 6.66 Å². The molecule has 3 nitrogen and oxygen atoms in total. The van der Waals surface area contributed by atoms with Crippen LogP contribution in [0.15, 0.2) is 24.3 Å². The van der Waals surface area contributed by atoms with Gasteiger partial charge in [0.15, 0.2) is 0 Å². The molecule has 0 aliphatic rings. The molecule has 1 rings (SSSR count). The van der Waals surface area contributed by atoms with Crippen molar-refractivity contribution in [1.82, 2.24) is 0 Å². The fraction of sp³-hybridized carbons (Fsp3) is 0.143. The van der Waals surface area contributed by atoms with Crippen LogP contribution in [0, 0.1) is 0 Å². The van der Waals surface area contributed by atoms with Gasteiger partial charge in [0, 0.05) is 17.7 Å². The maximum Gasteiger partial charge on any atom is 0.226 e. The van der Waals surface area contributed by atoms with Crippen molar-refractivity contribution in [2.45, 2.75) is 0 Å². The van der Waals surface area contributed by atoms with Gasteiger partial charge in [0.25, 0.3) is 0 Å². The smallest absolute Gasteiger partial charge is 0.226 e. The summed E-state index contributed by atoms with van der Waals surface area (Å²) in [6.45, 7) is 1.30. The molecule has 11 heavy (non-hydrogen) atoms. The molecule has 0 aliphatic heterocycles. The van der Waals surface area contributed by atoms with E-state index in [1.807, 2.05) is 0 Å². The highest BCUT2D eigenvalue weighted by Crippen LogP contribution is 2.33. The first kappa shape index (κ1) is 8.31. The SMILES string of the molecule is CP(=O)(O)c1ccc(N)cc1. The van der Waals surface area contributed by atoms with Crippen molar-refractivity contribution in [3.05, 3.63) is 24.3 Å². The van der Waals surface area contributed by atoms with Crippen LogP contribution in [0.3, 0.4) is 0 Å². The molecule has 0 bridgehead atoms. The fourth-order valence-corrected chi connectivity index (χ4v) is 1.45. The molecule has 3 N–H and O–H groups in total. The molecule has 0 fully saturated rings. The summed E-state index contributed by atoms with van der Waals surface area (Å²) in [5.74, 6) is 0. The number of hydrogen-bond acceptors (Lipinski definition) is 2. The molecular weight excluding hydrogens is 161 g/mol. The highest BCUT2D eigenvalue weighted by Gasteiger charge is 2.11. The second-order valence-electron chi connectivity index (χ2n) is 2.47. The summed E-state index contributed by atoms with van der Waals surface area (Å²) in [7, 11) is -3.09. The molecule has 0 radical (unpaired) electrons. The van der Waals surface area contributed by atoms with Gasteiger partial charge >= 0.3 is 0 Å². The Bertz CT molecular complexity index is 288. The molecular formula is C7H10NO2P. The molecule has 1 aromatic carbocycles. The first-order valence-electron chi connectivity index (χ1n) is 3.16. The fourth-order valence-electron chi connectivity index (χ4n) is 0.751. The Labute approximate surface area is 65.3 Å². The van der Waals surface area contributed by atoms with Gasteiger partial charge < -0.3 is 10.6 Å². The summed E-state index contributed by atoms with van der Waals surface area (Å²) < 4.78 is 11.0. The number of anilines is 1. The summed E-state index contributed by atoms with van der Waals surface area (Å²) in [4.78, 5) is 9.09. The maximum atomic E-state index is 11.0. The molecule has 0 aromatic heterocycles. The van der Waals surface area contributed by atoms with Gasteiger partial charge in [-0.2, -0.15) is 0 Å². The highest BCUT2D eigenvalue weighted by molar-refractivity contribution is 7.65. The normalized spacial score (nSPS) is 15.8. The number of rotatable bonds is 1. The highest BCUT2D eigenvalue weighted by atomic mass is 31.2. The van der Waals surface area contributed by atoms with Crippen LogP contribution in [-0.2, 0) is 4.57 Å². The lowest BCUT2D eigenvalue weighted by molar-refractivity contribution is 0.496. The van der Waals surface area contributed by atoms with Gasteiger partial charge in [-0.05, 0) is 24.3 Å². The monoisotopic (exact) mass is 171 g/mol. The first-order chi connectivity index (χ1) is 5.00. The predicted molar refractivity (Wildman–Crippen MR) is 46.2 cm³/mol. The van der Waals surface area contributed by atoms with Crippen molar-refractivity contribution in [1.29, 1.82) is 0 Å². The lowest BCUT2D eigenvalue weighted by Gasteiger charge is -2.04. The summed E-state index contributed by atoms with van der Waals surface area (Å²) in [6.07, 6.45) is 0. The minimum atomic E-state index is -3.09. The Hall–Kier alpha value is -0.790.